The molecule has 0 amide bonds. The van der Waals surface area contributed by atoms with E-state index in [9.17, 15) is 4.79 Å². The summed E-state index contributed by atoms with van der Waals surface area (Å²) in [6, 6.07) is 0. The molecule has 2 heteroatoms. The van der Waals surface area contributed by atoms with Crippen molar-refractivity contribution >= 4 is 5.97 Å². The number of hydrogen-bond acceptors (Lipinski definition) is 2. The minimum atomic E-state index is -0.191. The Balaban J connectivity index is 2.71. The molecule has 1 atom stereocenters. The van der Waals surface area contributed by atoms with E-state index in [0.717, 1.165) is 25.7 Å². The lowest BCUT2D eigenvalue weighted by Gasteiger charge is -2.33. The van der Waals surface area contributed by atoms with E-state index in [0.29, 0.717) is 5.41 Å². The molecule has 0 spiro atoms. The summed E-state index contributed by atoms with van der Waals surface area (Å²) >= 11 is 0. The fourth-order valence-corrected chi connectivity index (χ4v) is 2.40. The van der Waals surface area contributed by atoms with Crippen molar-refractivity contribution in [2.75, 3.05) is 0 Å². The third-order valence-electron chi connectivity index (χ3n) is 3.27. The second-order valence-corrected chi connectivity index (χ2v) is 5.62. The number of ether oxygens (including phenoxy) is 1. The van der Waals surface area contributed by atoms with Crippen LogP contribution in [0.4, 0.5) is 0 Å². The lowest BCUT2D eigenvalue weighted by molar-refractivity contribution is -0.145. The fourth-order valence-electron chi connectivity index (χ4n) is 2.40. The molecule has 0 bridgehead atoms. The van der Waals surface area contributed by atoms with Crippen molar-refractivity contribution in [3.63, 3.8) is 0 Å². The molecule has 1 unspecified atom stereocenters. The summed E-state index contributed by atoms with van der Waals surface area (Å²) in [4.78, 5) is 11.1. The van der Waals surface area contributed by atoms with E-state index in [2.05, 4.69) is 26.5 Å². The molecule has 0 saturated heterocycles. The molecular weight excluding hydrogens is 212 g/mol. The molecule has 0 radical (unpaired) electrons. The fraction of sp³-hybridized carbons (Fsp3) is 0.667. The predicted octanol–water partition coefficient (Wildman–Crippen LogP) is 4.02. The molecule has 0 fully saturated rings. The van der Waals surface area contributed by atoms with Gasteiger partial charge in [-0.1, -0.05) is 26.0 Å². The molecule has 0 heterocycles. The van der Waals surface area contributed by atoms with Crippen LogP contribution < -0.4 is 0 Å². The maximum Gasteiger partial charge on any atom is 0.303 e. The molecule has 1 rings (SSSR count). The minimum Gasteiger partial charge on any atom is -0.458 e. The SMILES string of the molecule is C=CCCC(OC(C)=O)C1=CCCC(C)(C)C1. The van der Waals surface area contributed by atoms with Crippen molar-refractivity contribution in [3.05, 3.63) is 24.3 Å². The zero-order valence-electron chi connectivity index (χ0n) is 11.3. The molecule has 1 aliphatic carbocycles. The second kappa shape index (κ2) is 6.04. The second-order valence-electron chi connectivity index (χ2n) is 5.62. The van der Waals surface area contributed by atoms with Gasteiger partial charge in [-0.15, -0.1) is 6.58 Å². The van der Waals surface area contributed by atoms with Crippen molar-refractivity contribution in [1.82, 2.24) is 0 Å². The van der Waals surface area contributed by atoms with E-state index >= 15 is 0 Å². The van der Waals surface area contributed by atoms with Crippen LogP contribution in [0.25, 0.3) is 0 Å². The van der Waals surface area contributed by atoms with E-state index in [4.69, 9.17) is 4.74 Å². The molecule has 0 aromatic heterocycles. The van der Waals surface area contributed by atoms with Gasteiger partial charge in [-0.2, -0.15) is 0 Å². The average Bonchev–Trinajstić information content (AvgIpc) is 2.22. The molecule has 1 aliphatic rings. The van der Waals surface area contributed by atoms with Crippen LogP contribution in [0.3, 0.4) is 0 Å². The summed E-state index contributed by atoms with van der Waals surface area (Å²) in [5, 5.41) is 0. The summed E-state index contributed by atoms with van der Waals surface area (Å²) in [7, 11) is 0. The third-order valence-corrected chi connectivity index (χ3v) is 3.27. The van der Waals surface area contributed by atoms with Crippen LogP contribution in [-0.4, -0.2) is 12.1 Å². The summed E-state index contributed by atoms with van der Waals surface area (Å²) in [6.07, 6.45) is 9.15. The zero-order chi connectivity index (χ0) is 12.9. The predicted molar refractivity (Wildman–Crippen MR) is 70.7 cm³/mol. The number of rotatable bonds is 5. The molecule has 17 heavy (non-hydrogen) atoms. The van der Waals surface area contributed by atoms with Gasteiger partial charge in [0.1, 0.15) is 6.10 Å². The number of carbonyl (C=O) groups is 1. The Morgan fingerprint density at radius 3 is 2.88 bits per heavy atom. The van der Waals surface area contributed by atoms with Crippen molar-refractivity contribution in [3.8, 4) is 0 Å². The van der Waals surface area contributed by atoms with Crippen LogP contribution in [0.5, 0.6) is 0 Å². The van der Waals surface area contributed by atoms with Gasteiger partial charge >= 0.3 is 5.97 Å². The first-order chi connectivity index (χ1) is 7.94. The van der Waals surface area contributed by atoms with Gasteiger partial charge in [-0.3, -0.25) is 4.79 Å². The van der Waals surface area contributed by atoms with Crippen LogP contribution >= 0.6 is 0 Å². The molecule has 0 saturated carbocycles. The summed E-state index contributed by atoms with van der Waals surface area (Å²) in [6.45, 7) is 9.76. The van der Waals surface area contributed by atoms with Gasteiger partial charge in [-0.25, -0.2) is 0 Å². The van der Waals surface area contributed by atoms with Gasteiger partial charge in [0.15, 0.2) is 0 Å². The van der Waals surface area contributed by atoms with Crippen LogP contribution in [-0.2, 0) is 9.53 Å². The summed E-state index contributed by atoms with van der Waals surface area (Å²) < 4.78 is 5.43. The molecule has 0 aliphatic heterocycles. The first-order valence-corrected chi connectivity index (χ1v) is 6.41. The van der Waals surface area contributed by atoms with Crippen molar-refractivity contribution < 1.29 is 9.53 Å². The Hall–Kier alpha value is -1.05. The van der Waals surface area contributed by atoms with Crippen LogP contribution in [0.15, 0.2) is 24.3 Å². The Morgan fingerprint density at radius 1 is 1.65 bits per heavy atom. The molecular formula is C15H24O2. The maximum atomic E-state index is 11.1. The van der Waals surface area contributed by atoms with Crippen molar-refractivity contribution in [1.29, 1.82) is 0 Å². The Bertz CT molecular complexity index is 313. The molecule has 2 nitrogen and oxygen atoms in total. The van der Waals surface area contributed by atoms with E-state index in [1.54, 1.807) is 0 Å². The van der Waals surface area contributed by atoms with Gasteiger partial charge in [0, 0.05) is 6.92 Å². The van der Waals surface area contributed by atoms with Gasteiger partial charge in [0.05, 0.1) is 0 Å². The molecule has 96 valence electrons. The van der Waals surface area contributed by atoms with Crippen molar-refractivity contribution in [2.24, 2.45) is 5.41 Å². The highest BCUT2D eigenvalue weighted by Crippen LogP contribution is 2.37. The smallest absolute Gasteiger partial charge is 0.303 e. The van der Waals surface area contributed by atoms with Crippen molar-refractivity contribution in [2.45, 2.75) is 59.0 Å². The Morgan fingerprint density at radius 2 is 2.35 bits per heavy atom. The molecule has 0 aromatic carbocycles. The highest BCUT2D eigenvalue weighted by Gasteiger charge is 2.27. The zero-order valence-corrected chi connectivity index (χ0v) is 11.3. The van der Waals surface area contributed by atoms with E-state index in [1.165, 1.54) is 18.9 Å². The van der Waals surface area contributed by atoms with Crippen LogP contribution in [0, 0.1) is 5.41 Å². The van der Waals surface area contributed by atoms with Gasteiger partial charge in [0.2, 0.25) is 0 Å². The van der Waals surface area contributed by atoms with E-state index in [1.807, 2.05) is 6.08 Å². The first kappa shape index (κ1) is 14.0. The summed E-state index contributed by atoms with van der Waals surface area (Å²) in [5.74, 6) is -0.191. The van der Waals surface area contributed by atoms with E-state index in [-0.39, 0.29) is 12.1 Å². The van der Waals surface area contributed by atoms with Gasteiger partial charge < -0.3 is 4.74 Å². The lowest BCUT2D eigenvalue weighted by Crippen LogP contribution is -2.25. The Labute approximate surface area is 105 Å². The normalized spacial score (nSPS) is 20.3. The van der Waals surface area contributed by atoms with Crippen LogP contribution in [0.2, 0.25) is 0 Å². The van der Waals surface area contributed by atoms with Gasteiger partial charge in [-0.05, 0) is 43.1 Å². The monoisotopic (exact) mass is 236 g/mol. The highest BCUT2D eigenvalue weighted by atomic mass is 16.5. The highest BCUT2D eigenvalue weighted by molar-refractivity contribution is 5.66. The molecule has 0 aromatic rings. The Kier molecular flexibility index (Phi) is 4.98. The standard InChI is InChI=1S/C15H24O2/c1-5-6-9-14(17-12(2)16)13-8-7-10-15(3,4)11-13/h5,8,14H,1,6-7,9-11H2,2-4H3. The number of carbonyl (C=O) groups excluding carboxylic acids is 1. The first-order valence-electron chi connectivity index (χ1n) is 6.41. The van der Waals surface area contributed by atoms with Gasteiger partial charge in [0.25, 0.3) is 0 Å². The number of esters is 1. The topological polar surface area (TPSA) is 26.3 Å². The average molecular weight is 236 g/mol. The minimum absolute atomic E-state index is 0.0509. The number of allylic oxidation sites excluding steroid dienone is 2. The van der Waals surface area contributed by atoms with Crippen LogP contribution in [0.1, 0.15) is 52.9 Å². The largest absolute Gasteiger partial charge is 0.458 e. The summed E-state index contributed by atoms with van der Waals surface area (Å²) in [5.41, 5.74) is 1.62. The quantitative estimate of drug-likeness (QED) is 0.532. The molecule has 0 N–H and O–H groups in total. The number of hydrogen-bond donors (Lipinski definition) is 0. The van der Waals surface area contributed by atoms with E-state index < -0.39 is 0 Å². The lowest BCUT2D eigenvalue weighted by atomic mass is 9.75. The maximum absolute atomic E-state index is 11.1. The third kappa shape index (κ3) is 4.76.